The molecule has 0 bridgehead atoms. The molecule has 0 spiro atoms. The highest BCUT2D eigenvalue weighted by Gasteiger charge is 2.28. The smallest absolute Gasteiger partial charge is 0.255 e. The van der Waals surface area contributed by atoms with Gasteiger partial charge in [0.05, 0.1) is 18.8 Å². The van der Waals surface area contributed by atoms with Crippen molar-refractivity contribution in [3.63, 3.8) is 0 Å². The molecular formula is C17H27N3O2. The Hall–Kier alpha value is -1.33. The van der Waals surface area contributed by atoms with Crippen molar-refractivity contribution >= 4 is 5.91 Å². The third-order valence-electron chi connectivity index (χ3n) is 4.97. The fraction of sp³-hybridized carbons (Fsp3) is 0.706. The lowest BCUT2D eigenvalue weighted by atomic mass is 10.1. The summed E-state index contributed by atoms with van der Waals surface area (Å²) in [5.41, 5.74) is 1.80. The largest absolute Gasteiger partial charge is 0.379 e. The van der Waals surface area contributed by atoms with Crippen LogP contribution >= 0.6 is 0 Å². The summed E-state index contributed by atoms with van der Waals surface area (Å²) in [5, 5.41) is 0. The van der Waals surface area contributed by atoms with Gasteiger partial charge in [0.2, 0.25) is 0 Å². The number of ether oxygens (including phenoxy) is 1. The van der Waals surface area contributed by atoms with E-state index in [-0.39, 0.29) is 5.91 Å². The Morgan fingerprint density at radius 2 is 2.09 bits per heavy atom. The molecule has 1 saturated heterocycles. The van der Waals surface area contributed by atoms with E-state index >= 15 is 0 Å². The average molecular weight is 305 g/mol. The molecule has 2 heterocycles. The molecular weight excluding hydrogens is 278 g/mol. The van der Waals surface area contributed by atoms with Crippen LogP contribution in [-0.2, 0) is 4.74 Å². The third kappa shape index (κ3) is 3.52. The average Bonchev–Trinajstić information content (AvgIpc) is 3.20. The van der Waals surface area contributed by atoms with Crippen LogP contribution in [-0.4, -0.2) is 66.1 Å². The van der Waals surface area contributed by atoms with E-state index in [1.54, 1.807) is 0 Å². The van der Waals surface area contributed by atoms with Crippen molar-refractivity contribution in [2.45, 2.75) is 38.6 Å². The van der Waals surface area contributed by atoms with Crippen LogP contribution in [0.1, 0.15) is 41.7 Å². The van der Waals surface area contributed by atoms with Gasteiger partial charge >= 0.3 is 0 Å². The minimum absolute atomic E-state index is 0.193. The fourth-order valence-corrected chi connectivity index (χ4v) is 3.58. The predicted octanol–water partition coefficient (Wildman–Crippen LogP) is 2.04. The van der Waals surface area contributed by atoms with E-state index < -0.39 is 0 Å². The summed E-state index contributed by atoms with van der Waals surface area (Å²) >= 11 is 0. The second-order valence-electron chi connectivity index (χ2n) is 6.41. The van der Waals surface area contributed by atoms with Crippen molar-refractivity contribution < 1.29 is 9.53 Å². The van der Waals surface area contributed by atoms with Crippen LogP contribution in [0.5, 0.6) is 0 Å². The van der Waals surface area contributed by atoms with Gasteiger partial charge in [-0.1, -0.05) is 12.8 Å². The zero-order valence-electron chi connectivity index (χ0n) is 13.5. The SMILES string of the molecule is Cc1[nH]ccc1C(=O)N(CCN1CCOCC1)C1CCCC1. The molecule has 1 saturated carbocycles. The summed E-state index contributed by atoms with van der Waals surface area (Å²) in [6.45, 7) is 7.35. The highest BCUT2D eigenvalue weighted by atomic mass is 16.5. The maximum Gasteiger partial charge on any atom is 0.255 e. The van der Waals surface area contributed by atoms with Crippen LogP contribution in [0.2, 0.25) is 0 Å². The number of nitrogens with zero attached hydrogens (tertiary/aromatic N) is 2. The van der Waals surface area contributed by atoms with Crippen molar-refractivity contribution in [3.05, 3.63) is 23.5 Å². The molecule has 0 radical (unpaired) electrons. The molecule has 1 aliphatic heterocycles. The summed E-state index contributed by atoms with van der Waals surface area (Å²) in [6, 6.07) is 2.33. The number of H-pyrrole nitrogens is 1. The number of hydrogen-bond donors (Lipinski definition) is 1. The number of aryl methyl sites for hydroxylation is 1. The number of aromatic nitrogens is 1. The zero-order chi connectivity index (χ0) is 15.4. The monoisotopic (exact) mass is 305 g/mol. The van der Waals surface area contributed by atoms with Gasteiger partial charge in [-0.05, 0) is 25.8 Å². The quantitative estimate of drug-likeness (QED) is 0.905. The molecule has 122 valence electrons. The lowest BCUT2D eigenvalue weighted by molar-refractivity contribution is 0.0297. The number of amides is 1. The molecule has 3 rings (SSSR count). The highest BCUT2D eigenvalue weighted by molar-refractivity contribution is 5.95. The fourth-order valence-electron chi connectivity index (χ4n) is 3.58. The molecule has 22 heavy (non-hydrogen) atoms. The summed E-state index contributed by atoms with van der Waals surface area (Å²) in [5.74, 6) is 0.193. The van der Waals surface area contributed by atoms with E-state index in [0.29, 0.717) is 6.04 Å². The van der Waals surface area contributed by atoms with Gasteiger partial charge in [-0.15, -0.1) is 0 Å². The lowest BCUT2D eigenvalue weighted by Crippen LogP contribution is -2.46. The standard InChI is InChI=1S/C17H27N3O2/c1-14-16(6-7-18-14)17(21)20(15-4-2-3-5-15)9-8-19-10-12-22-13-11-19/h6-7,15,18H,2-5,8-13H2,1H3. The van der Waals surface area contributed by atoms with Crippen molar-refractivity contribution in [1.29, 1.82) is 0 Å². The van der Waals surface area contributed by atoms with Gasteiger partial charge in [0.15, 0.2) is 0 Å². The summed E-state index contributed by atoms with van der Waals surface area (Å²) in [4.78, 5) is 20.6. The van der Waals surface area contributed by atoms with E-state index in [1.807, 2.05) is 19.2 Å². The van der Waals surface area contributed by atoms with Gasteiger partial charge in [-0.25, -0.2) is 0 Å². The van der Waals surface area contributed by atoms with E-state index in [1.165, 1.54) is 12.8 Å². The Morgan fingerprint density at radius 3 is 2.73 bits per heavy atom. The first-order chi connectivity index (χ1) is 10.8. The van der Waals surface area contributed by atoms with Gasteiger partial charge in [0, 0.05) is 44.1 Å². The van der Waals surface area contributed by atoms with Crippen LogP contribution < -0.4 is 0 Å². The van der Waals surface area contributed by atoms with Crippen LogP contribution in [0.4, 0.5) is 0 Å². The van der Waals surface area contributed by atoms with Gasteiger partial charge in [-0.3, -0.25) is 9.69 Å². The normalized spacial score (nSPS) is 20.4. The molecule has 5 nitrogen and oxygen atoms in total. The van der Waals surface area contributed by atoms with Crippen molar-refractivity contribution in [1.82, 2.24) is 14.8 Å². The van der Waals surface area contributed by atoms with Crippen LogP contribution in [0, 0.1) is 6.92 Å². The molecule has 0 aromatic carbocycles. The summed E-state index contributed by atoms with van der Waals surface area (Å²) in [7, 11) is 0. The van der Waals surface area contributed by atoms with Gasteiger partial charge in [-0.2, -0.15) is 0 Å². The second kappa shape index (κ2) is 7.29. The minimum atomic E-state index is 0.193. The van der Waals surface area contributed by atoms with Crippen molar-refractivity contribution in [3.8, 4) is 0 Å². The van der Waals surface area contributed by atoms with E-state index in [0.717, 1.165) is 63.5 Å². The molecule has 1 aromatic heterocycles. The van der Waals surface area contributed by atoms with E-state index in [4.69, 9.17) is 4.74 Å². The number of carbonyl (C=O) groups is 1. The number of rotatable bonds is 5. The van der Waals surface area contributed by atoms with Crippen molar-refractivity contribution in [2.24, 2.45) is 0 Å². The summed E-state index contributed by atoms with van der Waals surface area (Å²) < 4.78 is 5.40. The molecule has 2 aliphatic rings. The predicted molar refractivity (Wildman–Crippen MR) is 86.1 cm³/mol. The van der Waals surface area contributed by atoms with Crippen LogP contribution in [0.3, 0.4) is 0 Å². The Bertz CT molecular complexity index is 488. The molecule has 1 aromatic rings. The molecule has 1 N–H and O–H groups in total. The Labute approximate surface area is 132 Å². The van der Waals surface area contributed by atoms with Gasteiger partial charge in [0.1, 0.15) is 0 Å². The Balaban J connectivity index is 1.66. The number of carbonyl (C=O) groups excluding carboxylic acids is 1. The summed E-state index contributed by atoms with van der Waals surface area (Å²) in [6.07, 6.45) is 6.66. The van der Waals surface area contributed by atoms with Crippen LogP contribution in [0.25, 0.3) is 0 Å². The third-order valence-corrected chi connectivity index (χ3v) is 4.97. The van der Waals surface area contributed by atoms with Crippen LogP contribution in [0.15, 0.2) is 12.3 Å². The maximum absolute atomic E-state index is 12.9. The van der Waals surface area contributed by atoms with Crippen molar-refractivity contribution in [2.75, 3.05) is 39.4 Å². The first-order valence-corrected chi connectivity index (χ1v) is 8.51. The number of hydrogen-bond acceptors (Lipinski definition) is 3. The lowest BCUT2D eigenvalue weighted by Gasteiger charge is -2.33. The maximum atomic E-state index is 12.9. The first-order valence-electron chi connectivity index (χ1n) is 8.51. The number of morpholine rings is 1. The topological polar surface area (TPSA) is 48.6 Å². The number of nitrogens with one attached hydrogen (secondary N) is 1. The Morgan fingerprint density at radius 1 is 1.36 bits per heavy atom. The second-order valence-corrected chi connectivity index (χ2v) is 6.41. The zero-order valence-corrected chi connectivity index (χ0v) is 13.5. The minimum Gasteiger partial charge on any atom is -0.379 e. The molecule has 1 aliphatic carbocycles. The molecule has 0 unspecified atom stereocenters. The first kappa shape index (κ1) is 15.6. The molecule has 0 atom stereocenters. The van der Waals surface area contributed by atoms with E-state index in [2.05, 4.69) is 14.8 Å². The number of aromatic amines is 1. The molecule has 5 heteroatoms. The molecule has 2 fully saturated rings. The van der Waals surface area contributed by atoms with Gasteiger partial charge < -0.3 is 14.6 Å². The van der Waals surface area contributed by atoms with E-state index in [9.17, 15) is 4.79 Å². The Kier molecular flexibility index (Phi) is 5.16. The molecule has 1 amide bonds. The van der Waals surface area contributed by atoms with Gasteiger partial charge in [0.25, 0.3) is 5.91 Å². The highest BCUT2D eigenvalue weighted by Crippen LogP contribution is 2.25.